The third-order valence-electron chi connectivity index (χ3n) is 6.60. The van der Waals surface area contributed by atoms with Crippen LogP contribution in [0.2, 0.25) is 0 Å². The first-order chi connectivity index (χ1) is 19.7. The van der Waals surface area contributed by atoms with Crippen LogP contribution >= 0.6 is 7.75 Å². The van der Waals surface area contributed by atoms with E-state index in [1.54, 1.807) is 32.0 Å². The van der Waals surface area contributed by atoms with Crippen molar-refractivity contribution in [1.29, 1.82) is 0 Å². The number of alkyl halides is 2. The highest BCUT2D eigenvalue weighted by molar-refractivity contribution is 7.52. The van der Waals surface area contributed by atoms with Crippen LogP contribution in [-0.2, 0) is 32.9 Å². The number of hydrogen-bond donors (Lipinski definition) is 3. The smallest absolute Gasteiger partial charge is 0.459 e. The summed E-state index contributed by atoms with van der Waals surface area (Å²) in [5, 5.41) is 25.2. The maximum absolute atomic E-state index is 14.6. The number of halogens is 2. The molecule has 0 saturated carbocycles. The van der Waals surface area contributed by atoms with E-state index in [4.69, 9.17) is 18.5 Å². The minimum Gasteiger partial charge on any atom is -0.462 e. The van der Waals surface area contributed by atoms with Gasteiger partial charge in [0.05, 0.1) is 19.1 Å². The lowest BCUT2D eigenvalue weighted by Gasteiger charge is -2.33. The first-order valence-corrected chi connectivity index (χ1v) is 14.5. The number of fused-ring (bicyclic) bond motifs is 1. The molecular formula is C27H31F2N2O10P. The Labute approximate surface area is 239 Å². The Morgan fingerprint density at radius 3 is 2.50 bits per heavy atom. The van der Waals surface area contributed by atoms with E-state index < -0.39 is 81.0 Å². The molecule has 1 amide bonds. The molecule has 1 unspecified atom stereocenters. The van der Waals surface area contributed by atoms with Crippen molar-refractivity contribution in [3.8, 4) is 5.75 Å². The summed E-state index contributed by atoms with van der Waals surface area (Å²) in [5.74, 6) is -2.23. The summed E-state index contributed by atoms with van der Waals surface area (Å²) in [6.45, 7) is 3.17. The van der Waals surface area contributed by atoms with Crippen molar-refractivity contribution < 1.29 is 56.5 Å². The van der Waals surface area contributed by atoms with Gasteiger partial charge in [0.25, 0.3) is 6.43 Å². The number of allylic oxidation sites excluding steroid dienone is 1. The van der Waals surface area contributed by atoms with Gasteiger partial charge in [-0.2, -0.15) is 5.09 Å². The van der Waals surface area contributed by atoms with Gasteiger partial charge in [0.2, 0.25) is 5.91 Å². The molecule has 1 saturated heterocycles. The van der Waals surface area contributed by atoms with Gasteiger partial charge in [-0.15, -0.1) is 0 Å². The van der Waals surface area contributed by atoms with Crippen molar-refractivity contribution in [3.63, 3.8) is 0 Å². The predicted octanol–water partition coefficient (Wildman–Crippen LogP) is 2.67. The summed E-state index contributed by atoms with van der Waals surface area (Å²) in [6.07, 6.45) is -8.91. The number of carbonyl (C=O) groups excluding carboxylic acids is 3. The monoisotopic (exact) mass is 612 g/mol. The molecule has 2 aromatic carbocycles. The van der Waals surface area contributed by atoms with Crippen LogP contribution in [0.3, 0.4) is 0 Å². The fourth-order valence-corrected chi connectivity index (χ4v) is 5.95. The van der Waals surface area contributed by atoms with Crippen LogP contribution < -0.4 is 9.61 Å². The van der Waals surface area contributed by atoms with E-state index in [9.17, 15) is 37.9 Å². The molecule has 2 heterocycles. The molecular weight excluding hydrogens is 581 g/mol. The van der Waals surface area contributed by atoms with E-state index >= 15 is 0 Å². The van der Waals surface area contributed by atoms with Gasteiger partial charge in [0.15, 0.2) is 17.6 Å². The van der Waals surface area contributed by atoms with Crippen LogP contribution in [-0.4, -0.2) is 82.0 Å². The summed E-state index contributed by atoms with van der Waals surface area (Å²) in [5.41, 5.74) is -2.99. The van der Waals surface area contributed by atoms with Crippen molar-refractivity contribution >= 4 is 36.2 Å². The number of aliphatic hydroxyl groups is 2. The highest BCUT2D eigenvalue weighted by Gasteiger charge is 2.62. The zero-order valence-electron chi connectivity index (χ0n) is 22.9. The van der Waals surface area contributed by atoms with Gasteiger partial charge in [-0.3, -0.25) is 23.8 Å². The van der Waals surface area contributed by atoms with Gasteiger partial charge < -0.3 is 24.2 Å². The van der Waals surface area contributed by atoms with Crippen molar-refractivity contribution in [3.05, 3.63) is 54.7 Å². The lowest BCUT2D eigenvalue weighted by atomic mass is 9.96. The number of hydrogen-bond acceptors (Lipinski definition) is 10. The molecule has 0 bridgehead atoms. The summed E-state index contributed by atoms with van der Waals surface area (Å²) in [7, 11) is -4.72. The minimum atomic E-state index is -4.72. The maximum atomic E-state index is 14.6. The second kappa shape index (κ2) is 12.5. The van der Waals surface area contributed by atoms with Gasteiger partial charge >= 0.3 is 13.7 Å². The minimum absolute atomic E-state index is 0.000394. The molecule has 6 atom stereocenters. The molecule has 0 spiro atoms. The van der Waals surface area contributed by atoms with E-state index in [1.807, 2.05) is 12.1 Å². The Kier molecular flexibility index (Phi) is 9.46. The fraction of sp³-hybridized carbons (Fsp3) is 0.444. The number of esters is 1. The largest absolute Gasteiger partial charge is 0.462 e. The Hall–Kier alpha value is -3.26. The highest BCUT2D eigenvalue weighted by Crippen LogP contribution is 2.49. The Balaban J connectivity index is 1.62. The second-order valence-corrected chi connectivity index (χ2v) is 11.9. The molecule has 1 fully saturated rings. The van der Waals surface area contributed by atoms with E-state index in [-0.39, 0.29) is 5.75 Å². The Bertz CT molecular complexity index is 1420. The third kappa shape index (κ3) is 6.69. The summed E-state index contributed by atoms with van der Waals surface area (Å²) < 4.78 is 64.5. The van der Waals surface area contributed by atoms with Crippen molar-refractivity contribution in [2.24, 2.45) is 0 Å². The number of rotatable bonds is 11. The Morgan fingerprint density at radius 2 is 1.86 bits per heavy atom. The second-order valence-electron chi connectivity index (χ2n) is 10.2. The standard InChI is InChI=1S/C27H31F2N2O10P/c1-15(2)39-25(36)16(3)30-42(37,41-20-9-8-17-6-4-5-7-18(17)12-20)38-14-27(26(28)29)23(35)22(34)24(40-27)31-11-10-19(32)13-21(31)33/h4-12,15-16,22-24,26,34-35H,13-14H2,1-3H3,(H,30,37)/t16-,22+,23+,24+,27+,42?/m0/s1. The van der Waals surface area contributed by atoms with Gasteiger partial charge in [0, 0.05) is 6.20 Å². The molecule has 2 aliphatic heterocycles. The number of nitrogens with zero attached hydrogens (tertiary/aromatic N) is 1. The normalized spacial score (nSPS) is 26.6. The molecule has 15 heteroatoms. The summed E-state index contributed by atoms with van der Waals surface area (Å²) in [4.78, 5) is 37.0. The van der Waals surface area contributed by atoms with E-state index in [0.717, 1.165) is 17.7 Å². The topological polar surface area (TPSA) is 161 Å². The summed E-state index contributed by atoms with van der Waals surface area (Å²) in [6, 6.07) is 10.5. The zero-order valence-corrected chi connectivity index (χ0v) is 23.8. The number of ether oxygens (including phenoxy) is 2. The maximum Gasteiger partial charge on any atom is 0.459 e. The lowest BCUT2D eigenvalue weighted by molar-refractivity contribution is -0.200. The number of ketones is 1. The molecule has 0 radical (unpaired) electrons. The van der Waals surface area contributed by atoms with Crippen LogP contribution in [0.5, 0.6) is 5.75 Å². The van der Waals surface area contributed by atoms with Crippen LogP contribution in [0.4, 0.5) is 8.78 Å². The molecule has 42 heavy (non-hydrogen) atoms. The average molecular weight is 613 g/mol. The molecule has 0 aromatic heterocycles. The first-order valence-electron chi connectivity index (χ1n) is 13.0. The lowest BCUT2D eigenvalue weighted by Crippen LogP contribution is -2.53. The number of amides is 1. The fourth-order valence-electron chi connectivity index (χ4n) is 4.43. The van der Waals surface area contributed by atoms with E-state index in [0.29, 0.717) is 10.3 Å². The van der Waals surface area contributed by atoms with E-state index in [2.05, 4.69) is 5.09 Å². The molecule has 12 nitrogen and oxygen atoms in total. The number of benzene rings is 2. The zero-order chi connectivity index (χ0) is 30.8. The van der Waals surface area contributed by atoms with Crippen molar-refractivity contribution in [2.45, 2.75) is 69.8 Å². The number of nitrogens with one attached hydrogen (secondary N) is 1. The van der Waals surface area contributed by atoms with Gasteiger partial charge in [-0.25, -0.2) is 13.3 Å². The third-order valence-corrected chi connectivity index (χ3v) is 8.22. The quantitative estimate of drug-likeness (QED) is 0.194. The molecule has 3 N–H and O–H groups in total. The van der Waals surface area contributed by atoms with Crippen LogP contribution in [0.1, 0.15) is 27.2 Å². The number of aliphatic hydroxyl groups excluding tert-OH is 2. The highest BCUT2D eigenvalue weighted by atomic mass is 31.2. The predicted molar refractivity (Wildman–Crippen MR) is 143 cm³/mol. The van der Waals surface area contributed by atoms with Crippen molar-refractivity contribution in [1.82, 2.24) is 9.99 Å². The number of carbonyl (C=O) groups is 3. The average Bonchev–Trinajstić information content (AvgIpc) is 3.17. The first kappa shape index (κ1) is 31.7. The SMILES string of the molecule is CC(C)OC(=O)[C@H](C)NP(=O)(OC[C@@]1(C(F)F)O[C@@H](N2C=CC(=O)CC2=O)[C@H](O)[C@H]1O)Oc1ccc2ccccc2c1. The van der Waals surface area contributed by atoms with Crippen LogP contribution in [0.15, 0.2) is 54.7 Å². The Morgan fingerprint density at radius 1 is 1.17 bits per heavy atom. The van der Waals surface area contributed by atoms with Gasteiger partial charge in [-0.05, 0) is 49.8 Å². The van der Waals surface area contributed by atoms with Crippen LogP contribution in [0.25, 0.3) is 10.8 Å². The van der Waals surface area contributed by atoms with Gasteiger partial charge in [0.1, 0.15) is 24.0 Å². The van der Waals surface area contributed by atoms with Crippen molar-refractivity contribution in [2.75, 3.05) is 6.61 Å². The van der Waals surface area contributed by atoms with Gasteiger partial charge in [-0.1, -0.05) is 30.3 Å². The molecule has 4 rings (SSSR count). The molecule has 2 aliphatic rings. The van der Waals surface area contributed by atoms with Crippen LogP contribution in [0, 0.1) is 0 Å². The molecule has 2 aromatic rings. The molecule has 228 valence electrons. The molecule has 0 aliphatic carbocycles. The summed E-state index contributed by atoms with van der Waals surface area (Å²) >= 11 is 0. The van der Waals surface area contributed by atoms with E-state index in [1.165, 1.54) is 19.1 Å².